The molecule has 0 N–H and O–H groups in total. The Morgan fingerprint density at radius 2 is 1.95 bits per heavy atom. The molecule has 108 valence electrons. The molecule has 0 bridgehead atoms. The molecule has 0 heterocycles. The van der Waals surface area contributed by atoms with E-state index < -0.39 is 0 Å². The van der Waals surface area contributed by atoms with Crippen molar-refractivity contribution in [2.75, 3.05) is 7.11 Å². The van der Waals surface area contributed by atoms with E-state index in [0.717, 1.165) is 23.3 Å². The lowest BCUT2D eigenvalue weighted by Crippen LogP contribution is -2.04. The van der Waals surface area contributed by atoms with Crippen molar-refractivity contribution >= 4 is 5.97 Å². The molecular weight excluding hydrogens is 264 g/mol. The maximum Gasteiger partial charge on any atom is 0.309 e. The first-order valence-corrected chi connectivity index (χ1v) is 7.12. The van der Waals surface area contributed by atoms with Gasteiger partial charge in [0.25, 0.3) is 0 Å². The molecule has 3 rings (SSSR count). The number of hydrogen-bond donors (Lipinski definition) is 0. The maximum absolute atomic E-state index is 11.5. The average molecular weight is 282 g/mol. The minimum Gasteiger partial charge on any atom is -0.489 e. The van der Waals surface area contributed by atoms with Crippen molar-refractivity contribution in [3.63, 3.8) is 0 Å². The summed E-state index contributed by atoms with van der Waals surface area (Å²) in [6, 6.07) is 18.1. The summed E-state index contributed by atoms with van der Waals surface area (Å²) in [6.45, 7) is 0.551. The largest absolute Gasteiger partial charge is 0.489 e. The molecule has 0 spiro atoms. The summed E-state index contributed by atoms with van der Waals surface area (Å²) < 4.78 is 10.6. The van der Waals surface area contributed by atoms with Crippen LogP contribution in [0.15, 0.2) is 54.6 Å². The summed E-state index contributed by atoms with van der Waals surface area (Å²) in [4.78, 5) is 11.5. The van der Waals surface area contributed by atoms with Crippen molar-refractivity contribution in [1.29, 1.82) is 0 Å². The Kier molecular flexibility index (Phi) is 3.91. The molecule has 0 aromatic heterocycles. The fourth-order valence-electron chi connectivity index (χ4n) is 2.55. The smallest absolute Gasteiger partial charge is 0.309 e. The zero-order valence-corrected chi connectivity index (χ0v) is 12.0. The van der Waals surface area contributed by atoms with E-state index in [2.05, 4.69) is 0 Å². The second-order valence-electron chi connectivity index (χ2n) is 5.32. The van der Waals surface area contributed by atoms with Gasteiger partial charge in [-0.25, -0.2) is 0 Å². The lowest BCUT2D eigenvalue weighted by molar-refractivity contribution is -0.142. The summed E-state index contributed by atoms with van der Waals surface area (Å²) >= 11 is 0. The number of hydrogen-bond acceptors (Lipinski definition) is 3. The molecule has 0 aliphatic heterocycles. The molecule has 0 unspecified atom stereocenters. The molecule has 2 atom stereocenters. The van der Waals surface area contributed by atoms with Crippen molar-refractivity contribution in [3.8, 4) is 5.75 Å². The number of carbonyl (C=O) groups is 1. The molecule has 1 aliphatic carbocycles. The first-order chi connectivity index (χ1) is 10.3. The Morgan fingerprint density at radius 3 is 2.71 bits per heavy atom. The summed E-state index contributed by atoms with van der Waals surface area (Å²) in [5, 5.41) is 0. The van der Waals surface area contributed by atoms with Crippen molar-refractivity contribution < 1.29 is 14.3 Å². The van der Waals surface area contributed by atoms with E-state index in [1.54, 1.807) is 0 Å². The van der Waals surface area contributed by atoms with Crippen LogP contribution in [-0.4, -0.2) is 13.1 Å². The van der Waals surface area contributed by atoms with Crippen molar-refractivity contribution in [2.24, 2.45) is 5.92 Å². The standard InChI is InChI=1S/C18H18O3/c1-20-18(19)17-11-16(17)14-8-5-9-15(10-14)21-12-13-6-3-2-4-7-13/h2-10,16-17H,11-12H2,1H3/t16-,17+/m0/s1. The van der Waals surface area contributed by atoms with Crippen LogP contribution >= 0.6 is 0 Å². The van der Waals surface area contributed by atoms with Gasteiger partial charge in [0.1, 0.15) is 12.4 Å². The highest BCUT2D eigenvalue weighted by Gasteiger charge is 2.44. The quantitative estimate of drug-likeness (QED) is 0.787. The number of ether oxygens (including phenoxy) is 2. The van der Waals surface area contributed by atoms with Gasteiger partial charge >= 0.3 is 5.97 Å². The fourth-order valence-corrected chi connectivity index (χ4v) is 2.55. The van der Waals surface area contributed by atoms with Crippen LogP contribution in [0.4, 0.5) is 0 Å². The predicted molar refractivity (Wildman–Crippen MR) is 80.1 cm³/mol. The van der Waals surface area contributed by atoms with Crippen LogP contribution in [0.5, 0.6) is 5.75 Å². The van der Waals surface area contributed by atoms with E-state index in [1.165, 1.54) is 7.11 Å². The first-order valence-electron chi connectivity index (χ1n) is 7.12. The number of carbonyl (C=O) groups excluding carboxylic acids is 1. The SMILES string of the molecule is COC(=O)[C@@H]1C[C@H]1c1cccc(OCc2ccccc2)c1. The zero-order valence-electron chi connectivity index (χ0n) is 12.0. The molecule has 0 radical (unpaired) electrons. The second-order valence-corrected chi connectivity index (χ2v) is 5.32. The van der Waals surface area contributed by atoms with Gasteiger partial charge in [0, 0.05) is 0 Å². The van der Waals surface area contributed by atoms with Gasteiger partial charge in [-0.3, -0.25) is 4.79 Å². The summed E-state index contributed by atoms with van der Waals surface area (Å²) in [6.07, 6.45) is 0.870. The van der Waals surface area contributed by atoms with Crippen molar-refractivity contribution in [3.05, 3.63) is 65.7 Å². The van der Waals surface area contributed by atoms with Crippen LogP contribution < -0.4 is 4.74 Å². The van der Waals surface area contributed by atoms with Crippen molar-refractivity contribution in [2.45, 2.75) is 18.9 Å². The van der Waals surface area contributed by atoms with Gasteiger partial charge in [-0.05, 0) is 35.6 Å². The first kappa shape index (κ1) is 13.7. The highest BCUT2D eigenvalue weighted by molar-refractivity contribution is 5.77. The van der Waals surface area contributed by atoms with Gasteiger partial charge in [-0.1, -0.05) is 42.5 Å². The lowest BCUT2D eigenvalue weighted by atomic mass is 10.1. The van der Waals surface area contributed by atoms with Gasteiger partial charge in [0.15, 0.2) is 0 Å². The molecule has 21 heavy (non-hydrogen) atoms. The van der Waals surface area contributed by atoms with Crippen LogP contribution in [0.3, 0.4) is 0 Å². The van der Waals surface area contributed by atoms with Crippen LogP contribution in [0.1, 0.15) is 23.5 Å². The number of methoxy groups -OCH3 is 1. The van der Waals surface area contributed by atoms with E-state index in [0.29, 0.717) is 6.61 Å². The van der Waals surface area contributed by atoms with E-state index in [-0.39, 0.29) is 17.8 Å². The highest BCUT2D eigenvalue weighted by atomic mass is 16.5. The third kappa shape index (κ3) is 3.24. The fraction of sp³-hybridized carbons (Fsp3) is 0.278. The maximum atomic E-state index is 11.5. The monoisotopic (exact) mass is 282 g/mol. The Bertz CT molecular complexity index is 621. The minimum atomic E-state index is -0.115. The van der Waals surface area contributed by atoms with Crippen LogP contribution in [0.2, 0.25) is 0 Å². The zero-order chi connectivity index (χ0) is 14.7. The number of esters is 1. The van der Waals surface area contributed by atoms with Crippen LogP contribution in [0.25, 0.3) is 0 Å². The van der Waals surface area contributed by atoms with E-state index in [9.17, 15) is 4.79 Å². The normalized spacial score (nSPS) is 19.9. The van der Waals surface area contributed by atoms with Crippen LogP contribution in [0, 0.1) is 5.92 Å². The van der Waals surface area contributed by atoms with Crippen molar-refractivity contribution in [1.82, 2.24) is 0 Å². The second kappa shape index (κ2) is 6.00. The highest BCUT2D eigenvalue weighted by Crippen LogP contribution is 2.48. The Morgan fingerprint density at radius 1 is 1.14 bits per heavy atom. The molecular formula is C18H18O3. The molecule has 0 amide bonds. The van der Waals surface area contributed by atoms with Gasteiger partial charge < -0.3 is 9.47 Å². The summed E-state index contributed by atoms with van der Waals surface area (Å²) in [5.74, 6) is 1.01. The van der Waals surface area contributed by atoms with Gasteiger partial charge in [-0.15, -0.1) is 0 Å². The number of benzene rings is 2. The Hall–Kier alpha value is -2.29. The summed E-state index contributed by atoms with van der Waals surface area (Å²) in [5.41, 5.74) is 2.29. The molecule has 1 fully saturated rings. The van der Waals surface area contributed by atoms with E-state index in [1.807, 2.05) is 54.6 Å². The molecule has 3 heteroatoms. The predicted octanol–water partition coefficient (Wildman–Crippen LogP) is 3.54. The van der Waals surface area contributed by atoms with Crippen LogP contribution in [-0.2, 0) is 16.1 Å². The molecule has 2 aromatic carbocycles. The lowest BCUT2D eigenvalue weighted by Gasteiger charge is -2.08. The Balaban J connectivity index is 1.63. The third-order valence-electron chi connectivity index (χ3n) is 3.83. The Labute approximate surface area is 124 Å². The van der Waals surface area contributed by atoms with Gasteiger partial charge in [0.2, 0.25) is 0 Å². The van der Waals surface area contributed by atoms with Gasteiger partial charge in [0.05, 0.1) is 13.0 Å². The topological polar surface area (TPSA) is 35.5 Å². The molecule has 1 aliphatic rings. The number of rotatable bonds is 5. The molecule has 2 aromatic rings. The molecule has 0 saturated heterocycles. The average Bonchev–Trinajstić information content (AvgIpc) is 3.34. The molecule has 3 nitrogen and oxygen atoms in total. The van der Waals surface area contributed by atoms with Gasteiger partial charge in [-0.2, -0.15) is 0 Å². The van der Waals surface area contributed by atoms with E-state index in [4.69, 9.17) is 9.47 Å². The third-order valence-corrected chi connectivity index (χ3v) is 3.83. The van der Waals surface area contributed by atoms with E-state index >= 15 is 0 Å². The molecule has 1 saturated carbocycles. The minimum absolute atomic E-state index is 0.0133. The summed E-state index contributed by atoms with van der Waals surface area (Å²) in [7, 11) is 1.44.